The van der Waals surface area contributed by atoms with E-state index in [4.69, 9.17) is 5.84 Å². The third-order valence-electron chi connectivity index (χ3n) is 5.82. The highest BCUT2D eigenvalue weighted by molar-refractivity contribution is 5.79. The van der Waals surface area contributed by atoms with Gasteiger partial charge in [-0.3, -0.25) is 10.6 Å². The maximum absolute atomic E-state index is 11.6. The van der Waals surface area contributed by atoms with Gasteiger partial charge in [-0.15, -0.1) is 0 Å². The summed E-state index contributed by atoms with van der Waals surface area (Å²) < 4.78 is 0. The van der Waals surface area contributed by atoms with Crippen molar-refractivity contribution in [1.82, 2.24) is 5.43 Å². The van der Waals surface area contributed by atoms with Crippen molar-refractivity contribution in [1.29, 1.82) is 0 Å². The molecule has 4 aliphatic rings. The summed E-state index contributed by atoms with van der Waals surface area (Å²) in [7, 11) is 0. The lowest BCUT2D eigenvalue weighted by molar-refractivity contribution is -0.164. The van der Waals surface area contributed by atoms with Gasteiger partial charge in [-0.1, -0.05) is 0 Å². The first-order valence-corrected chi connectivity index (χ1v) is 6.70. The molecule has 1 unspecified atom stereocenters. The number of hydrogen-bond donors (Lipinski definition) is 3. The number of carbonyl (C=O) groups is 1. The van der Waals surface area contributed by atoms with Crippen LogP contribution in [0.25, 0.3) is 0 Å². The van der Waals surface area contributed by atoms with Crippen LogP contribution in [0, 0.1) is 23.2 Å². The lowest BCUT2D eigenvalue weighted by atomic mass is 9.45. The van der Waals surface area contributed by atoms with Gasteiger partial charge >= 0.3 is 5.97 Å². The first-order valence-electron chi connectivity index (χ1n) is 6.70. The van der Waals surface area contributed by atoms with Gasteiger partial charge in [0.25, 0.3) is 0 Å². The standard InChI is InChI=1S/C13H22N2O2/c1-12(15-14,11(16)17)13-5-8-2-9(6-13)4-10(3-8)7-13/h8-10,15H,2-7,14H2,1H3,(H,16,17). The Balaban J connectivity index is 1.98. The molecule has 4 heteroatoms. The van der Waals surface area contributed by atoms with Gasteiger partial charge in [-0.25, -0.2) is 5.43 Å². The second kappa shape index (κ2) is 3.45. The van der Waals surface area contributed by atoms with Crippen molar-refractivity contribution in [3.63, 3.8) is 0 Å². The number of hydrogen-bond acceptors (Lipinski definition) is 3. The van der Waals surface area contributed by atoms with E-state index in [1.54, 1.807) is 6.92 Å². The van der Waals surface area contributed by atoms with Gasteiger partial charge in [0.15, 0.2) is 0 Å². The van der Waals surface area contributed by atoms with Crippen LogP contribution in [0.3, 0.4) is 0 Å². The molecular formula is C13H22N2O2. The second-order valence-electron chi connectivity index (χ2n) is 6.77. The first kappa shape index (κ1) is 11.5. The molecule has 0 saturated heterocycles. The average molecular weight is 238 g/mol. The molecule has 4 fully saturated rings. The molecule has 0 aliphatic heterocycles. The number of aliphatic carboxylic acids is 1. The van der Waals surface area contributed by atoms with E-state index in [1.165, 1.54) is 19.3 Å². The largest absolute Gasteiger partial charge is 0.480 e. The summed E-state index contributed by atoms with van der Waals surface area (Å²) in [6.07, 6.45) is 7.10. The predicted octanol–water partition coefficient (Wildman–Crippen LogP) is 1.51. The third kappa shape index (κ3) is 1.40. The number of nitrogens with two attached hydrogens (primary N) is 1. The Kier molecular flexibility index (Phi) is 2.33. The molecule has 0 amide bonds. The van der Waals surface area contributed by atoms with E-state index in [1.807, 2.05) is 0 Å². The molecular weight excluding hydrogens is 216 g/mol. The van der Waals surface area contributed by atoms with Crippen LogP contribution in [-0.4, -0.2) is 16.6 Å². The Morgan fingerprint density at radius 1 is 1.24 bits per heavy atom. The van der Waals surface area contributed by atoms with Crippen LogP contribution >= 0.6 is 0 Å². The van der Waals surface area contributed by atoms with Crippen LogP contribution in [0.5, 0.6) is 0 Å². The van der Waals surface area contributed by atoms with Crippen molar-refractivity contribution in [2.24, 2.45) is 29.0 Å². The van der Waals surface area contributed by atoms with Crippen LogP contribution in [0.1, 0.15) is 45.4 Å². The minimum absolute atomic E-state index is 0.109. The monoisotopic (exact) mass is 238 g/mol. The van der Waals surface area contributed by atoms with E-state index in [0.717, 1.165) is 37.0 Å². The number of nitrogens with one attached hydrogen (secondary N) is 1. The SMILES string of the molecule is CC(NN)(C(=O)O)C12CC3CC(CC(C3)C1)C2. The van der Waals surface area contributed by atoms with Crippen molar-refractivity contribution < 1.29 is 9.90 Å². The lowest BCUT2D eigenvalue weighted by Gasteiger charge is -2.61. The van der Waals surface area contributed by atoms with E-state index >= 15 is 0 Å². The number of carboxylic acids is 1. The highest BCUT2D eigenvalue weighted by Crippen LogP contribution is 2.63. The highest BCUT2D eigenvalue weighted by Gasteiger charge is 2.61. The zero-order valence-corrected chi connectivity index (χ0v) is 10.4. The third-order valence-corrected chi connectivity index (χ3v) is 5.82. The first-order chi connectivity index (χ1) is 7.99. The van der Waals surface area contributed by atoms with E-state index in [0.29, 0.717) is 0 Å². The fraction of sp³-hybridized carbons (Fsp3) is 0.923. The van der Waals surface area contributed by atoms with Crippen LogP contribution in [-0.2, 0) is 4.79 Å². The maximum Gasteiger partial charge on any atom is 0.325 e. The van der Waals surface area contributed by atoms with Crippen molar-refractivity contribution in [3.05, 3.63) is 0 Å². The lowest BCUT2D eigenvalue weighted by Crippen LogP contribution is -2.68. The van der Waals surface area contributed by atoms with Gasteiger partial charge in [0.2, 0.25) is 0 Å². The quantitative estimate of drug-likeness (QED) is 0.514. The highest BCUT2D eigenvalue weighted by atomic mass is 16.4. The fourth-order valence-corrected chi connectivity index (χ4v) is 5.16. The van der Waals surface area contributed by atoms with Crippen molar-refractivity contribution in [2.75, 3.05) is 0 Å². The normalized spacial score (nSPS) is 46.8. The zero-order valence-electron chi connectivity index (χ0n) is 10.4. The molecule has 0 spiro atoms. The summed E-state index contributed by atoms with van der Waals surface area (Å²) in [6, 6.07) is 0. The van der Waals surface area contributed by atoms with Crippen LogP contribution in [0.4, 0.5) is 0 Å². The number of hydrazine groups is 1. The van der Waals surface area contributed by atoms with E-state index in [9.17, 15) is 9.90 Å². The Labute approximate surface area is 102 Å². The Hall–Kier alpha value is -0.610. The van der Waals surface area contributed by atoms with Crippen molar-refractivity contribution in [2.45, 2.75) is 51.0 Å². The molecule has 1 atom stereocenters. The minimum atomic E-state index is -0.955. The Morgan fingerprint density at radius 3 is 1.94 bits per heavy atom. The molecule has 4 aliphatic carbocycles. The molecule has 4 N–H and O–H groups in total. The van der Waals surface area contributed by atoms with Gasteiger partial charge in [-0.2, -0.15) is 0 Å². The van der Waals surface area contributed by atoms with Crippen LogP contribution in [0.15, 0.2) is 0 Å². The summed E-state index contributed by atoms with van der Waals surface area (Å²) in [4.78, 5) is 11.6. The smallest absolute Gasteiger partial charge is 0.325 e. The Morgan fingerprint density at radius 2 is 1.65 bits per heavy atom. The molecule has 4 nitrogen and oxygen atoms in total. The Bertz CT molecular complexity index is 320. The molecule has 0 heterocycles. The van der Waals surface area contributed by atoms with Crippen LogP contribution in [0.2, 0.25) is 0 Å². The van der Waals surface area contributed by atoms with Crippen LogP contribution < -0.4 is 11.3 Å². The van der Waals surface area contributed by atoms with Gasteiger partial charge in [-0.05, 0) is 63.2 Å². The maximum atomic E-state index is 11.6. The van der Waals surface area contributed by atoms with Gasteiger partial charge in [0.1, 0.15) is 5.54 Å². The predicted molar refractivity (Wildman–Crippen MR) is 64.0 cm³/mol. The molecule has 0 aromatic carbocycles. The van der Waals surface area contributed by atoms with Crippen molar-refractivity contribution in [3.8, 4) is 0 Å². The summed E-state index contributed by atoms with van der Waals surface area (Å²) in [5.74, 6) is 7.04. The molecule has 0 aromatic rings. The van der Waals surface area contributed by atoms with Gasteiger partial charge in [0.05, 0.1) is 0 Å². The summed E-state index contributed by atoms with van der Waals surface area (Å²) in [6.45, 7) is 1.78. The zero-order chi connectivity index (χ0) is 12.3. The van der Waals surface area contributed by atoms with E-state index in [-0.39, 0.29) is 5.41 Å². The minimum Gasteiger partial charge on any atom is -0.480 e. The molecule has 17 heavy (non-hydrogen) atoms. The van der Waals surface area contributed by atoms with Crippen molar-refractivity contribution >= 4 is 5.97 Å². The fourth-order valence-electron chi connectivity index (χ4n) is 5.16. The average Bonchev–Trinajstić information content (AvgIpc) is 2.25. The number of rotatable bonds is 3. The molecule has 0 aromatic heterocycles. The van der Waals surface area contributed by atoms with Gasteiger partial charge in [0, 0.05) is 5.41 Å². The summed E-state index contributed by atoms with van der Waals surface area (Å²) in [5.41, 5.74) is 1.57. The summed E-state index contributed by atoms with van der Waals surface area (Å²) >= 11 is 0. The topological polar surface area (TPSA) is 75.3 Å². The van der Waals surface area contributed by atoms with E-state index in [2.05, 4.69) is 5.43 Å². The number of carboxylic acid groups (broad SMARTS) is 1. The van der Waals surface area contributed by atoms with Gasteiger partial charge < -0.3 is 5.11 Å². The summed E-state index contributed by atoms with van der Waals surface area (Å²) in [5, 5.41) is 9.55. The molecule has 4 bridgehead atoms. The molecule has 96 valence electrons. The van der Waals surface area contributed by atoms with E-state index < -0.39 is 11.5 Å². The molecule has 0 radical (unpaired) electrons. The molecule has 4 saturated carbocycles. The second-order valence-corrected chi connectivity index (χ2v) is 6.77. The molecule has 4 rings (SSSR count).